The van der Waals surface area contributed by atoms with Crippen molar-refractivity contribution < 1.29 is 8.42 Å². The minimum atomic E-state index is -3.81. The topological polar surface area (TPSA) is 110 Å². The van der Waals surface area contributed by atoms with Crippen molar-refractivity contribution in [2.45, 2.75) is 11.8 Å². The minimum Gasteiger partial charge on any atom is -0.384 e. The van der Waals surface area contributed by atoms with Gasteiger partial charge in [-0.05, 0) is 13.0 Å². The predicted molar refractivity (Wildman–Crippen MR) is 69.0 cm³/mol. The van der Waals surface area contributed by atoms with E-state index in [-0.39, 0.29) is 10.8 Å². The molecule has 0 aliphatic heterocycles. The zero-order valence-electron chi connectivity index (χ0n) is 10.1. The number of nitrogens with zero attached hydrogens (tertiary/aromatic N) is 4. The van der Waals surface area contributed by atoms with Crippen LogP contribution in [-0.2, 0) is 10.0 Å². The average molecular weight is 280 g/mol. The molecule has 2 aromatic rings. The summed E-state index contributed by atoms with van der Waals surface area (Å²) in [6, 6.07) is 1.59. The summed E-state index contributed by atoms with van der Waals surface area (Å²) in [5.74, 6) is -0.0891. The van der Waals surface area contributed by atoms with Gasteiger partial charge < -0.3 is 5.32 Å². The van der Waals surface area contributed by atoms with Crippen LogP contribution in [0.15, 0.2) is 35.7 Å². The maximum Gasteiger partial charge on any atom is 0.267 e. The second kappa shape index (κ2) is 5.57. The molecule has 0 saturated heterocycles. The third kappa shape index (κ3) is 3.13. The van der Waals surface area contributed by atoms with E-state index in [2.05, 4.69) is 30.2 Å². The standard InChI is InChI=1S/C10H12N6O2S/c1-2-12-8-3-4-11-7-9(8)19(17,18)16-10-13-5-6-14-15-10/h3-7H,2H2,1H3,(H,11,12)(H,13,15,16). The highest BCUT2D eigenvalue weighted by atomic mass is 32.2. The second-order valence-corrected chi connectivity index (χ2v) is 5.12. The van der Waals surface area contributed by atoms with E-state index >= 15 is 0 Å². The summed E-state index contributed by atoms with van der Waals surface area (Å²) >= 11 is 0. The van der Waals surface area contributed by atoms with Crippen LogP contribution in [0.25, 0.3) is 0 Å². The normalized spacial score (nSPS) is 11.0. The lowest BCUT2D eigenvalue weighted by molar-refractivity contribution is 0.600. The van der Waals surface area contributed by atoms with Gasteiger partial charge in [0.2, 0.25) is 0 Å². The molecule has 2 aromatic heterocycles. The number of rotatable bonds is 5. The summed E-state index contributed by atoms with van der Waals surface area (Å²) in [6.45, 7) is 2.46. The van der Waals surface area contributed by atoms with E-state index in [4.69, 9.17) is 0 Å². The Morgan fingerprint density at radius 2 is 2.11 bits per heavy atom. The number of nitrogens with one attached hydrogen (secondary N) is 2. The van der Waals surface area contributed by atoms with E-state index in [1.807, 2.05) is 6.92 Å². The first-order valence-electron chi connectivity index (χ1n) is 5.48. The zero-order valence-corrected chi connectivity index (χ0v) is 10.9. The van der Waals surface area contributed by atoms with E-state index in [1.165, 1.54) is 24.8 Å². The van der Waals surface area contributed by atoms with Gasteiger partial charge in [-0.3, -0.25) is 4.98 Å². The molecule has 19 heavy (non-hydrogen) atoms. The van der Waals surface area contributed by atoms with E-state index in [0.717, 1.165) is 0 Å². The van der Waals surface area contributed by atoms with Crippen molar-refractivity contribution in [3.05, 3.63) is 30.9 Å². The maximum absolute atomic E-state index is 12.2. The van der Waals surface area contributed by atoms with Crippen LogP contribution in [-0.4, -0.2) is 35.1 Å². The SMILES string of the molecule is CCNc1ccncc1S(=O)(=O)Nc1nccnn1. The molecule has 9 heteroatoms. The number of aromatic nitrogens is 4. The van der Waals surface area contributed by atoms with Gasteiger partial charge in [0.05, 0.1) is 18.1 Å². The van der Waals surface area contributed by atoms with Gasteiger partial charge in [-0.2, -0.15) is 5.10 Å². The largest absolute Gasteiger partial charge is 0.384 e. The fourth-order valence-electron chi connectivity index (χ4n) is 1.40. The Balaban J connectivity index is 2.35. The molecule has 0 aliphatic carbocycles. The Morgan fingerprint density at radius 1 is 1.26 bits per heavy atom. The highest BCUT2D eigenvalue weighted by Gasteiger charge is 2.19. The molecule has 2 N–H and O–H groups in total. The van der Waals surface area contributed by atoms with Gasteiger partial charge >= 0.3 is 0 Å². The number of sulfonamides is 1. The van der Waals surface area contributed by atoms with E-state index in [9.17, 15) is 8.42 Å². The quantitative estimate of drug-likeness (QED) is 0.820. The van der Waals surface area contributed by atoms with Crippen molar-refractivity contribution in [2.75, 3.05) is 16.6 Å². The van der Waals surface area contributed by atoms with Crippen molar-refractivity contribution in [3.8, 4) is 0 Å². The van der Waals surface area contributed by atoms with Crippen molar-refractivity contribution in [2.24, 2.45) is 0 Å². The monoisotopic (exact) mass is 280 g/mol. The van der Waals surface area contributed by atoms with E-state index in [0.29, 0.717) is 12.2 Å². The smallest absolute Gasteiger partial charge is 0.267 e. The summed E-state index contributed by atoms with van der Waals surface area (Å²) in [6.07, 6.45) is 5.47. The van der Waals surface area contributed by atoms with Gasteiger partial charge in [0.15, 0.2) is 0 Å². The van der Waals surface area contributed by atoms with Crippen molar-refractivity contribution >= 4 is 21.7 Å². The summed E-state index contributed by atoms with van der Waals surface area (Å²) in [4.78, 5) is 7.61. The summed E-state index contributed by atoms with van der Waals surface area (Å²) < 4.78 is 26.6. The maximum atomic E-state index is 12.2. The van der Waals surface area contributed by atoms with Crippen LogP contribution >= 0.6 is 0 Å². The molecule has 0 bridgehead atoms. The number of anilines is 2. The molecule has 0 aliphatic rings. The number of hydrogen-bond acceptors (Lipinski definition) is 7. The molecule has 2 heterocycles. The number of pyridine rings is 1. The Morgan fingerprint density at radius 3 is 2.79 bits per heavy atom. The van der Waals surface area contributed by atoms with Crippen molar-refractivity contribution in [1.29, 1.82) is 0 Å². The first-order chi connectivity index (χ1) is 9.13. The second-order valence-electron chi connectivity index (χ2n) is 3.47. The third-order valence-electron chi connectivity index (χ3n) is 2.15. The lowest BCUT2D eigenvalue weighted by Gasteiger charge is -2.10. The molecule has 0 saturated carbocycles. The highest BCUT2D eigenvalue weighted by Crippen LogP contribution is 2.20. The van der Waals surface area contributed by atoms with Gasteiger partial charge in [0, 0.05) is 18.9 Å². The summed E-state index contributed by atoms with van der Waals surface area (Å²) in [7, 11) is -3.81. The average Bonchev–Trinajstić information content (AvgIpc) is 2.40. The fraction of sp³-hybridized carbons (Fsp3) is 0.200. The van der Waals surface area contributed by atoms with Crippen LogP contribution in [0.2, 0.25) is 0 Å². The third-order valence-corrected chi connectivity index (χ3v) is 3.51. The molecule has 8 nitrogen and oxygen atoms in total. The Bertz CT molecular complexity index is 646. The molecule has 0 spiro atoms. The van der Waals surface area contributed by atoms with Crippen LogP contribution in [0.4, 0.5) is 11.6 Å². The van der Waals surface area contributed by atoms with Gasteiger partial charge in [-0.15, -0.1) is 5.10 Å². The Hall–Kier alpha value is -2.29. The Kier molecular flexibility index (Phi) is 3.85. The van der Waals surface area contributed by atoms with Crippen LogP contribution in [0, 0.1) is 0 Å². The van der Waals surface area contributed by atoms with Crippen LogP contribution in [0.3, 0.4) is 0 Å². The molecule has 0 atom stereocenters. The zero-order chi connectivity index (χ0) is 13.7. The van der Waals surface area contributed by atoms with E-state index in [1.54, 1.807) is 6.07 Å². The molecular weight excluding hydrogens is 268 g/mol. The van der Waals surface area contributed by atoms with Gasteiger partial charge in [0.25, 0.3) is 16.0 Å². The Labute approximate surface area is 110 Å². The van der Waals surface area contributed by atoms with Crippen LogP contribution in [0.5, 0.6) is 0 Å². The molecule has 100 valence electrons. The molecule has 0 unspecified atom stereocenters. The predicted octanol–water partition coefficient (Wildman–Crippen LogP) is 0.499. The lowest BCUT2D eigenvalue weighted by atomic mass is 10.4. The van der Waals surface area contributed by atoms with Gasteiger partial charge in [-0.25, -0.2) is 18.1 Å². The molecule has 0 fully saturated rings. The molecule has 0 aromatic carbocycles. The summed E-state index contributed by atoms with van der Waals surface area (Å²) in [5.41, 5.74) is 0.467. The minimum absolute atomic E-state index is 0.0318. The first-order valence-corrected chi connectivity index (χ1v) is 6.96. The molecule has 0 radical (unpaired) electrons. The fourth-order valence-corrected chi connectivity index (χ4v) is 2.47. The van der Waals surface area contributed by atoms with Gasteiger partial charge in [0.1, 0.15) is 4.90 Å². The van der Waals surface area contributed by atoms with Crippen LogP contribution in [0.1, 0.15) is 6.92 Å². The van der Waals surface area contributed by atoms with Crippen LogP contribution < -0.4 is 10.0 Å². The highest BCUT2D eigenvalue weighted by molar-refractivity contribution is 7.92. The van der Waals surface area contributed by atoms with Crippen molar-refractivity contribution in [3.63, 3.8) is 0 Å². The molecule has 2 rings (SSSR count). The number of hydrogen-bond donors (Lipinski definition) is 2. The summed E-state index contributed by atoms with van der Waals surface area (Å²) in [5, 5.41) is 10.1. The lowest BCUT2D eigenvalue weighted by Crippen LogP contribution is -2.17. The molecule has 0 amide bonds. The first kappa shape index (κ1) is 13.1. The van der Waals surface area contributed by atoms with Crippen molar-refractivity contribution in [1.82, 2.24) is 20.2 Å². The van der Waals surface area contributed by atoms with E-state index < -0.39 is 10.0 Å². The molecular formula is C10H12N6O2S. The van der Waals surface area contributed by atoms with Gasteiger partial charge in [-0.1, -0.05) is 0 Å².